The minimum Gasteiger partial charge on any atom is -0.396 e. The summed E-state index contributed by atoms with van der Waals surface area (Å²) in [6.45, 7) is 2.28. The molecule has 0 amide bonds. The van der Waals surface area contributed by atoms with Crippen LogP contribution in [0.5, 0.6) is 0 Å². The van der Waals surface area contributed by atoms with E-state index in [-0.39, 0.29) is 12.4 Å². The summed E-state index contributed by atoms with van der Waals surface area (Å²) in [5, 5.41) is 12.4. The Kier molecular flexibility index (Phi) is 4.13. The second kappa shape index (κ2) is 5.61. The quantitative estimate of drug-likeness (QED) is 0.843. The molecule has 0 saturated heterocycles. The lowest BCUT2D eigenvalue weighted by Crippen LogP contribution is -2.33. The van der Waals surface area contributed by atoms with Crippen molar-refractivity contribution in [3.63, 3.8) is 0 Å². The number of fused-ring (bicyclic) bond motifs is 1. The number of rotatable bonds is 4. The molecule has 2 unspecified atom stereocenters. The summed E-state index contributed by atoms with van der Waals surface area (Å²) in [7, 11) is 0. The predicted octanol–water partition coefficient (Wildman–Crippen LogP) is 2.56. The number of aryl methyl sites for hydroxylation is 1. The largest absolute Gasteiger partial charge is 0.396 e. The Balaban J connectivity index is 2.11. The highest BCUT2D eigenvalue weighted by atomic mass is 19.1. The summed E-state index contributed by atoms with van der Waals surface area (Å²) in [6, 6.07) is 5.68. The third-order valence-corrected chi connectivity index (χ3v) is 3.47. The maximum Gasteiger partial charge on any atom is 0.123 e. The van der Waals surface area contributed by atoms with Crippen molar-refractivity contribution in [3.05, 3.63) is 35.1 Å². The van der Waals surface area contributed by atoms with E-state index in [0.717, 1.165) is 31.2 Å². The fourth-order valence-electron chi connectivity index (χ4n) is 2.58. The van der Waals surface area contributed by atoms with Gasteiger partial charge in [-0.3, -0.25) is 0 Å². The van der Waals surface area contributed by atoms with Crippen molar-refractivity contribution in [2.24, 2.45) is 0 Å². The molecule has 0 spiro atoms. The van der Waals surface area contributed by atoms with Crippen LogP contribution < -0.4 is 5.32 Å². The first-order valence-corrected chi connectivity index (χ1v) is 6.36. The van der Waals surface area contributed by atoms with Gasteiger partial charge >= 0.3 is 0 Å². The Hall–Kier alpha value is -0.930. The summed E-state index contributed by atoms with van der Waals surface area (Å²) in [5.41, 5.74) is 2.35. The molecule has 3 heteroatoms. The fraction of sp³-hybridized carbons (Fsp3) is 0.571. The summed E-state index contributed by atoms with van der Waals surface area (Å²) in [6.07, 6.45) is 3.92. The molecule has 0 saturated carbocycles. The zero-order valence-electron chi connectivity index (χ0n) is 10.2. The molecule has 2 rings (SSSR count). The van der Waals surface area contributed by atoms with Gasteiger partial charge in [0.1, 0.15) is 5.82 Å². The number of halogens is 1. The van der Waals surface area contributed by atoms with Gasteiger partial charge in [0.15, 0.2) is 0 Å². The van der Waals surface area contributed by atoms with E-state index in [4.69, 9.17) is 5.11 Å². The third kappa shape index (κ3) is 3.05. The first-order valence-electron chi connectivity index (χ1n) is 6.36. The molecule has 94 valence electrons. The minimum atomic E-state index is -0.146. The predicted molar refractivity (Wildman–Crippen MR) is 66.4 cm³/mol. The second-order valence-electron chi connectivity index (χ2n) is 4.87. The molecule has 0 aromatic heterocycles. The van der Waals surface area contributed by atoms with Crippen molar-refractivity contribution in [3.8, 4) is 0 Å². The number of aliphatic hydroxyl groups is 1. The highest BCUT2D eigenvalue weighted by Crippen LogP contribution is 2.30. The topological polar surface area (TPSA) is 32.3 Å². The van der Waals surface area contributed by atoms with E-state index in [1.54, 1.807) is 6.07 Å². The molecule has 1 aliphatic carbocycles. The van der Waals surface area contributed by atoms with E-state index >= 15 is 0 Å². The van der Waals surface area contributed by atoms with Crippen LogP contribution in [-0.4, -0.2) is 17.8 Å². The van der Waals surface area contributed by atoms with E-state index in [2.05, 4.69) is 12.2 Å². The van der Waals surface area contributed by atoms with Crippen LogP contribution >= 0.6 is 0 Å². The summed E-state index contributed by atoms with van der Waals surface area (Å²) < 4.78 is 13.2. The smallest absolute Gasteiger partial charge is 0.123 e. The van der Waals surface area contributed by atoms with Crippen molar-refractivity contribution in [1.29, 1.82) is 0 Å². The van der Waals surface area contributed by atoms with Crippen LogP contribution in [-0.2, 0) is 6.42 Å². The van der Waals surface area contributed by atoms with Crippen LogP contribution in [0.15, 0.2) is 18.2 Å². The van der Waals surface area contributed by atoms with Crippen molar-refractivity contribution in [1.82, 2.24) is 5.32 Å². The molecule has 0 bridgehead atoms. The van der Waals surface area contributed by atoms with Gasteiger partial charge in [-0.1, -0.05) is 6.07 Å². The minimum absolute atomic E-state index is 0.146. The van der Waals surface area contributed by atoms with Gasteiger partial charge in [-0.15, -0.1) is 0 Å². The monoisotopic (exact) mass is 237 g/mol. The average molecular weight is 237 g/mol. The highest BCUT2D eigenvalue weighted by molar-refractivity contribution is 5.32. The lowest BCUT2D eigenvalue weighted by Gasteiger charge is -2.29. The number of hydrogen-bond donors (Lipinski definition) is 2. The molecule has 0 radical (unpaired) electrons. The van der Waals surface area contributed by atoms with Crippen LogP contribution in [0.25, 0.3) is 0 Å². The maximum atomic E-state index is 13.2. The standard InChI is InChI=1S/C14H20FNO/c1-10(7-8-17)16-14-4-2-3-11-9-12(15)5-6-13(11)14/h5-6,9-10,14,16-17H,2-4,7-8H2,1H3. The zero-order valence-corrected chi connectivity index (χ0v) is 10.2. The van der Waals surface area contributed by atoms with Gasteiger partial charge in [-0.25, -0.2) is 4.39 Å². The van der Waals surface area contributed by atoms with E-state index in [0.29, 0.717) is 12.1 Å². The Morgan fingerprint density at radius 2 is 2.35 bits per heavy atom. The molecule has 0 aliphatic heterocycles. The van der Waals surface area contributed by atoms with E-state index in [1.165, 1.54) is 11.6 Å². The second-order valence-corrected chi connectivity index (χ2v) is 4.87. The van der Waals surface area contributed by atoms with Crippen LogP contribution in [0.1, 0.15) is 43.4 Å². The van der Waals surface area contributed by atoms with Gasteiger partial charge in [0.05, 0.1) is 0 Å². The van der Waals surface area contributed by atoms with Crippen molar-refractivity contribution in [2.45, 2.75) is 44.7 Å². The first-order chi connectivity index (χ1) is 8.20. The molecule has 2 N–H and O–H groups in total. The lowest BCUT2D eigenvalue weighted by molar-refractivity contribution is 0.260. The van der Waals surface area contributed by atoms with Crippen molar-refractivity contribution >= 4 is 0 Å². The number of hydrogen-bond acceptors (Lipinski definition) is 2. The third-order valence-electron chi connectivity index (χ3n) is 3.47. The van der Waals surface area contributed by atoms with Gasteiger partial charge in [0.25, 0.3) is 0 Å². The van der Waals surface area contributed by atoms with Crippen molar-refractivity contribution < 1.29 is 9.50 Å². The molecule has 2 atom stereocenters. The Morgan fingerprint density at radius 1 is 1.53 bits per heavy atom. The van der Waals surface area contributed by atoms with Crippen LogP contribution in [0, 0.1) is 5.82 Å². The van der Waals surface area contributed by atoms with Crippen molar-refractivity contribution in [2.75, 3.05) is 6.61 Å². The van der Waals surface area contributed by atoms with E-state index in [9.17, 15) is 4.39 Å². The fourth-order valence-corrected chi connectivity index (χ4v) is 2.58. The Morgan fingerprint density at radius 3 is 3.12 bits per heavy atom. The molecule has 17 heavy (non-hydrogen) atoms. The molecule has 1 aliphatic rings. The molecule has 0 heterocycles. The van der Waals surface area contributed by atoms with Gasteiger partial charge < -0.3 is 10.4 Å². The summed E-state index contributed by atoms with van der Waals surface area (Å²) in [4.78, 5) is 0. The molecule has 1 aromatic rings. The van der Waals surface area contributed by atoms with Gasteiger partial charge in [0, 0.05) is 18.7 Å². The highest BCUT2D eigenvalue weighted by Gasteiger charge is 2.21. The maximum absolute atomic E-state index is 13.2. The molecule has 2 nitrogen and oxygen atoms in total. The SMILES string of the molecule is CC(CCO)NC1CCCc2cc(F)ccc21. The Bertz CT molecular complexity index is 380. The first kappa shape index (κ1) is 12.5. The Labute approximate surface area is 102 Å². The number of benzene rings is 1. The van der Waals surface area contributed by atoms with E-state index < -0.39 is 0 Å². The number of aliphatic hydroxyl groups excluding tert-OH is 1. The van der Waals surface area contributed by atoms with E-state index in [1.807, 2.05) is 6.07 Å². The van der Waals surface area contributed by atoms with Gasteiger partial charge in [-0.2, -0.15) is 0 Å². The molecular weight excluding hydrogens is 217 g/mol. The van der Waals surface area contributed by atoms with Crippen LogP contribution in [0.4, 0.5) is 4.39 Å². The van der Waals surface area contributed by atoms with Crippen LogP contribution in [0.3, 0.4) is 0 Å². The van der Waals surface area contributed by atoms with Crippen LogP contribution in [0.2, 0.25) is 0 Å². The number of nitrogens with one attached hydrogen (secondary N) is 1. The molecular formula is C14H20FNO. The average Bonchev–Trinajstić information content (AvgIpc) is 2.29. The molecule has 1 aromatic carbocycles. The normalized spacial score (nSPS) is 21.0. The zero-order chi connectivity index (χ0) is 12.3. The lowest BCUT2D eigenvalue weighted by atomic mass is 9.87. The van der Waals surface area contributed by atoms with Gasteiger partial charge in [-0.05, 0) is 55.9 Å². The summed E-state index contributed by atoms with van der Waals surface area (Å²) >= 11 is 0. The summed E-state index contributed by atoms with van der Waals surface area (Å²) in [5.74, 6) is -0.146. The van der Waals surface area contributed by atoms with Gasteiger partial charge in [0.2, 0.25) is 0 Å². The molecule has 0 fully saturated rings.